The molecule has 0 spiro atoms. The summed E-state index contributed by atoms with van der Waals surface area (Å²) < 4.78 is 0. The molecule has 0 bridgehead atoms. The summed E-state index contributed by atoms with van der Waals surface area (Å²) in [6, 6.07) is 0. The zero-order valence-electron chi connectivity index (χ0n) is 10.5. The molecule has 0 atom stereocenters. The zero-order valence-corrected chi connectivity index (χ0v) is 11.5. The highest BCUT2D eigenvalue weighted by Crippen LogP contribution is 2.27. The molecule has 0 aliphatic heterocycles. The van der Waals surface area contributed by atoms with Crippen molar-refractivity contribution in [2.75, 3.05) is 0 Å². The third-order valence-corrected chi connectivity index (χ3v) is 8.12. The second-order valence-corrected chi connectivity index (χ2v) is 9.62. The highest BCUT2D eigenvalue weighted by Gasteiger charge is 2.26. The van der Waals surface area contributed by atoms with Crippen molar-refractivity contribution in [3.8, 4) is 0 Å². The Hall–Kier alpha value is -0.303. The highest BCUT2D eigenvalue weighted by atomic mass is 28.3. The van der Waals surface area contributed by atoms with E-state index in [2.05, 4.69) is 54.6 Å². The van der Waals surface area contributed by atoms with Gasteiger partial charge in [-0.1, -0.05) is 34.6 Å². The van der Waals surface area contributed by atoms with Crippen molar-refractivity contribution in [1.29, 1.82) is 0 Å². The first-order valence-electron chi connectivity index (χ1n) is 5.00. The van der Waals surface area contributed by atoms with Crippen LogP contribution in [0.25, 0.3) is 0 Å². The van der Waals surface area contributed by atoms with Crippen LogP contribution in [0.5, 0.6) is 0 Å². The number of hydrogen-bond donors (Lipinski definition) is 0. The van der Waals surface area contributed by atoms with E-state index in [0.717, 1.165) is 0 Å². The van der Waals surface area contributed by atoms with Crippen LogP contribution < -0.4 is 0 Å². The summed E-state index contributed by atoms with van der Waals surface area (Å²) in [4.78, 5) is 0. The summed E-state index contributed by atoms with van der Waals surface area (Å²) in [5, 5.41) is 3.26. The molecule has 13 heavy (non-hydrogen) atoms. The van der Waals surface area contributed by atoms with Gasteiger partial charge in [0.25, 0.3) is 0 Å². The molecule has 0 radical (unpaired) electrons. The van der Waals surface area contributed by atoms with Crippen LogP contribution in [-0.4, -0.2) is 8.07 Å². The average Bonchev–Trinajstić information content (AvgIpc) is 2.01. The minimum Gasteiger partial charge on any atom is -0.0810 e. The Morgan fingerprint density at radius 1 is 0.615 bits per heavy atom. The van der Waals surface area contributed by atoms with Gasteiger partial charge < -0.3 is 0 Å². The fourth-order valence-electron chi connectivity index (χ4n) is 1.53. The fraction of sp³-hybridized carbons (Fsp3) is 0.667. The van der Waals surface area contributed by atoms with Crippen LogP contribution in [-0.2, 0) is 0 Å². The Morgan fingerprint density at radius 3 is 1.00 bits per heavy atom. The van der Waals surface area contributed by atoms with Gasteiger partial charge in [-0.3, -0.25) is 0 Å². The molecule has 0 rings (SSSR count). The van der Waals surface area contributed by atoms with Crippen LogP contribution in [0.3, 0.4) is 0 Å². The molecule has 0 aromatic carbocycles. The predicted molar refractivity (Wildman–Crippen MR) is 65.6 cm³/mol. The van der Waals surface area contributed by atoms with Gasteiger partial charge in [0.15, 0.2) is 0 Å². The van der Waals surface area contributed by atoms with Crippen LogP contribution in [0, 0.1) is 0 Å². The number of rotatable bonds is 2. The molecule has 0 aliphatic rings. The van der Waals surface area contributed by atoms with E-state index < -0.39 is 8.07 Å². The molecule has 0 N–H and O–H groups in total. The van der Waals surface area contributed by atoms with Crippen LogP contribution >= 0.6 is 0 Å². The molecule has 0 amide bonds. The second-order valence-electron chi connectivity index (χ2n) is 4.88. The minimum atomic E-state index is -1.28. The molecule has 0 nitrogen and oxygen atoms in total. The van der Waals surface area contributed by atoms with E-state index in [1.54, 1.807) is 10.4 Å². The number of allylic oxidation sites excluding steroid dienone is 4. The van der Waals surface area contributed by atoms with E-state index >= 15 is 0 Å². The lowest BCUT2D eigenvalue weighted by Gasteiger charge is -2.27. The zero-order chi connectivity index (χ0) is 10.8. The summed E-state index contributed by atoms with van der Waals surface area (Å²) in [7, 11) is -1.28. The monoisotopic (exact) mass is 196 g/mol. The van der Waals surface area contributed by atoms with Crippen molar-refractivity contribution in [2.45, 2.75) is 54.6 Å². The topological polar surface area (TPSA) is 0 Å². The van der Waals surface area contributed by atoms with Crippen molar-refractivity contribution in [1.82, 2.24) is 0 Å². The van der Waals surface area contributed by atoms with E-state index in [1.165, 1.54) is 11.1 Å². The third-order valence-electron chi connectivity index (χ3n) is 3.38. The van der Waals surface area contributed by atoms with Crippen molar-refractivity contribution in [3.05, 3.63) is 21.5 Å². The van der Waals surface area contributed by atoms with Gasteiger partial charge in [-0.2, -0.15) is 0 Å². The molecule has 0 saturated carbocycles. The summed E-state index contributed by atoms with van der Waals surface area (Å²) in [5.41, 5.74) is 2.99. The van der Waals surface area contributed by atoms with Gasteiger partial charge in [0.1, 0.15) is 8.07 Å². The lowest BCUT2D eigenvalue weighted by molar-refractivity contribution is 1.27. The molecule has 0 aromatic rings. The summed E-state index contributed by atoms with van der Waals surface area (Å²) in [6.45, 7) is 18.4. The molecular weight excluding hydrogens is 172 g/mol. The van der Waals surface area contributed by atoms with E-state index in [1.807, 2.05) is 0 Å². The van der Waals surface area contributed by atoms with Crippen molar-refractivity contribution in [2.24, 2.45) is 0 Å². The summed E-state index contributed by atoms with van der Waals surface area (Å²) in [5.74, 6) is 0. The Balaban J connectivity index is 5.23. The maximum Gasteiger partial charge on any atom is 0.102 e. The lowest BCUT2D eigenvalue weighted by atomic mass is 10.3. The first kappa shape index (κ1) is 12.7. The van der Waals surface area contributed by atoms with Crippen molar-refractivity contribution >= 4 is 8.07 Å². The molecule has 1 heteroatoms. The van der Waals surface area contributed by atoms with Gasteiger partial charge in [0.2, 0.25) is 0 Å². The van der Waals surface area contributed by atoms with E-state index in [9.17, 15) is 0 Å². The molecule has 0 unspecified atom stereocenters. The normalized spacial score (nSPS) is 11.1. The van der Waals surface area contributed by atoms with Crippen LogP contribution in [0.1, 0.15) is 41.5 Å². The van der Waals surface area contributed by atoms with Gasteiger partial charge in [0, 0.05) is 0 Å². The molecule has 0 fully saturated rings. The second kappa shape index (κ2) is 4.27. The summed E-state index contributed by atoms with van der Waals surface area (Å²) >= 11 is 0. The van der Waals surface area contributed by atoms with E-state index in [4.69, 9.17) is 0 Å². The van der Waals surface area contributed by atoms with E-state index in [-0.39, 0.29) is 0 Å². The number of hydrogen-bond acceptors (Lipinski definition) is 0. The maximum atomic E-state index is 2.44. The third kappa shape index (κ3) is 2.83. The first-order chi connectivity index (χ1) is 5.71. The Bertz CT molecular complexity index is 220. The first-order valence-corrected chi connectivity index (χ1v) is 8.00. The smallest absolute Gasteiger partial charge is 0.0810 e. The van der Waals surface area contributed by atoms with E-state index in [0.29, 0.717) is 0 Å². The minimum absolute atomic E-state index is 1.28. The molecule has 0 heterocycles. The predicted octanol–water partition coefficient (Wildman–Crippen LogP) is 4.49. The maximum absolute atomic E-state index is 2.44. The molecule has 0 aliphatic carbocycles. The lowest BCUT2D eigenvalue weighted by Crippen LogP contribution is -2.31. The molecule has 0 aromatic heterocycles. The Kier molecular flexibility index (Phi) is 4.17. The SMILES string of the molecule is CC(C)=C(C)[Si](C)(C)C(C)=C(C)C. The van der Waals surface area contributed by atoms with Crippen LogP contribution in [0.4, 0.5) is 0 Å². The molecular formula is C12H24Si. The average molecular weight is 196 g/mol. The standard InChI is InChI=1S/C12H24Si/c1-9(2)11(5)13(7,8)12(6)10(3)4/h1-8H3. The van der Waals surface area contributed by atoms with Crippen molar-refractivity contribution < 1.29 is 0 Å². The van der Waals surface area contributed by atoms with Crippen LogP contribution in [0.2, 0.25) is 13.1 Å². The van der Waals surface area contributed by atoms with Crippen molar-refractivity contribution in [3.63, 3.8) is 0 Å². The van der Waals surface area contributed by atoms with Gasteiger partial charge in [0.05, 0.1) is 0 Å². The summed E-state index contributed by atoms with van der Waals surface area (Å²) in [6.07, 6.45) is 0. The van der Waals surface area contributed by atoms with Gasteiger partial charge in [-0.15, -0.1) is 0 Å². The molecule has 0 saturated heterocycles. The largest absolute Gasteiger partial charge is 0.102 e. The Labute approximate surface area is 84.8 Å². The fourth-order valence-corrected chi connectivity index (χ4v) is 4.59. The molecule has 76 valence electrons. The van der Waals surface area contributed by atoms with Gasteiger partial charge >= 0.3 is 0 Å². The Morgan fingerprint density at radius 2 is 0.846 bits per heavy atom. The van der Waals surface area contributed by atoms with Gasteiger partial charge in [-0.05, 0) is 41.5 Å². The van der Waals surface area contributed by atoms with Gasteiger partial charge in [-0.25, -0.2) is 0 Å². The highest BCUT2D eigenvalue weighted by molar-refractivity contribution is 6.90. The van der Waals surface area contributed by atoms with Crippen LogP contribution in [0.15, 0.2) is 21.5 Å². The quantitative estimate of drug-likeness (QED) is 0.571.